The summed E-state index contributed by atoms with van der Waals surface area (Å²) in [5.74, 6) is 1.03. The topological polar surface area (TPSA) is 41.1 Å². The summed E-state index contributed by atoms with van der Waals surface area (Å²) in [6.07, 6.45) is 1.13. The number of hydrogen-bond acceptors (Lipinski definition) is 3. The van der Waals surface area contributed by atoms with Gasteiger partial charge in [-0.15, -0.1) is 11.8 Å². The number of thioether (sulfide) groups is 1. The molecule has 1 amide bonds. The number of carbonyl (C=O) groups excluding carboxylic acids is 1. The molecule has 1 aromatic rings. The number of nitrogens with one attached hydrogen (secondary N) is 2. The minimum atomic E-state index is -0.0355. The molecule has 0 spiro atoms. The van der Waals surface area contributed by atoms with Crippen LogP contribution in [-0.2, 0) is 4.79 Å². The van der Waals surface area contributed by atoms with Crippen LogP contribution < -0.4 is 10.6 Å². The lowest BCUT2D eigenvalue weighted by molar-refractivity contribution is -0.114. The van der Waals surface area contributed by atoms with Gasteiger partial charge in [0, 0.05) is 29.3 Å². The van der Waals surface area contributed by atoms with Crippen LogP contribution in [-0.4, -0.2) is 24.7 Å². The van der Waals surface area contributed by atoms with Crippen LogP contribution in [0.1, 0.15) is 20.3 Å². The van der Waals surface area contributed by atoms with Gasteiger partial charge in [-0.3, -0.25) is 4.79 Å². The molecule has 3 nitrogen and oxygen atoms in total. The maximum absolute atomic E-state index is 10.9. The van der Waals surface area contributed by atoms with Gasteiger partial charge >= 0.3 is 0 Å². The number of carbonyl (C=O) groups is 1. The van der Waals surface area contributed by atoms with Crippen molar-refractivity contribution < 1.29 is 4.79 Å². The third-order valence-corrected chi connectivity index (χ3v) is 3.70. The SMILES string of the molecule is CCC(CSc1ccc(NC(C)=O)cc1)NC. The zero-order valence-corrected chi connectivity index (χ0v) is 11.4. The molecule has 17 heavy (non-hydrogen) atoms. The molecule has 0 aliphatic heterocycles. The summed E-state index contributed by atoms with van der Waals surface area (Å²) in [5, 5.41) is 6.04. The second kappa shape index (κ2) is 7.35. The van der Waals surface area contributed by atoms with Gasteiger partial charge in [0.25, 0.3) is 0 Å². The maximum atomic E-state index is 10.9. The molecular weight excluding hydrogens is 232 g/mol. The van der Waals surface area contributed by atoms with Crippen molar-refractivity contribution in [3.63, 3.8) is 0 Å². The summed E-state index contributed by atoms with van der Waals surface area (Å²) in [6.45, 7) is 3.70. The zero-order chi connectivity index (χ0) is 12.7. The lowest BCUT2D eigenvalue weighted by Gasteiger charge is -2.13. The third kappa shape index (κ3) is 5.24. The van der Waals surface area contributed by atoms with Crippen molar-refractivity contribution in [2.75, 3.05) is 18.1 Å². The van der Waals surface area contributed by atoms with Crippen LogP contribution in [0.2, 0.25) is 0 Å². The Bertz CT molecular complexity index is 347. The fourth-order valence-corrected chi connectivity index (χ4v) is 2.56. The zero-order valence-electron chi connectivity index (χ0n) is 10.6. The Hall–Kier alpha value is -1.00. The lowest BCUT2D eigenvalue weighted by atomic mass is 10.3. The standard InChI is InChI=1S/C13H20N2OS/c1-4-11(14-3)9-17-13-7-5-12(6-8-13)15-10(2)16/h5-8,11,14H,4,9H2,1-3H3,(H,15,16). The van der Waals surface area contributed by atoms with Gasteiger partial charge in [-0.05, 0) is 37.7 Å². The molecule has 1 atom stereocenters. The highest BCUT2D eigenvalue weighted by Crippen LogP contribution is 2.21. The predicted octanol–water partition coefficient (Wildman–Crippen LogP) is 2.74. The second-order valence-electron chi connectivity index (χ2n) is 3.91. The molecule has 4 heteroatoms. The summed E-state index contributed by atoms with van der Waals surface area (Å²) in [5.41, 5.74) is 0.850. The molecule has 2 N–H and O–H groups in total. The van der Waals surface area contributed by atoms with Crippen LogP contribution in [0, 0.1) is 0 Å². The third-order valence-electron chi connectivity index (χ3n) is 2.53. The van der Waals surface area contributed by atoms with Gasteiger partial charge in [-0.2, -0.15) is 0 Å². The van der Waals surface area contributed by atoms with Gasteiger partial charge in [0.15, 0.2) is 0 Å². The number of benzene rings is 1. The van der Waals surface area contributed by atoms with Gasteiger partial charge in [-0.25, -0.2) is 0 Å². The van der Waals surface area contributed by atoms with Crippen LogP contribution in [0.5, 0.6) is 0 Å². The van der Waals surface area contributed by atoms with E-state index >= 15 is 0 Å². The molecule has 0 aliphatic rings. The number of amides is 1. The van der Waals surface area contributed by atoms with Gasteiger partial charge in [-0.1, -0.05) is 6.92 Å². The van der Waals surface area contributed by atoms with Crippen molar-refractivity contribution in [2.45, 2.75) is 31.2 Å². The van der Waals surface area contributed by atoms with Crippen molar-refractivity contribution >= 4 is 23.4 Å². The smallest absolute Gasteiger partial charge is 0.221 e. The van der Waals surface area contributed by atoms with Crippen LogP contribution in [0.4, 0.5) is 5.69 Å². The van der Waals surface area contributed by atoms with E-state index in [2.05, 4.69) is 17.6 Å². The fourth-order valence-electron chi connectivity index (χ4n) is 1.44. The molecular formula is C13H20N2OS. The molecule has 0 bridgehead atoms. The van der Waals surface area contributed by atoms with Gasteiger partial charge in [0.05, 0.1) is 0 Å². The van der Waals surface area contributed by atoms with Crippen LogP contribution in [0.3, 0.4) is 0 Å². The molecule has 0 heterocycles. The monoisotopic (exact) mass is 252 g/mol. The Kier molecular flexibility index (Phi) is 6.08. The van der Waals surface area contributed by atoms with E-state index in [4.69, 9.17) is 0 Å². The molecule has 0 radical (unpaired) electrons. The Morgan fingerprint density at radius 3 is 2.47 bits per heavy atom. The summed E-state index contributed by atoms with van der Waals surface area (Å²) in [7, 11) is 1.99. The first kappa shape index (κ1) is 14.1. The first-order chi connectivity index (χ1) is 8.15. The molecule has 0 saturated heterocycles. The molecule has 1 rings (SSSR count). The van der Waals surface area contributed by atoms with Crippen molar-refractivity contribution in [3.05, 3.63) is 24.3 Å². The second-order valence-corrected chi connectivity index (χ2v) is 5.00. The Labute approximate surface area is 107 Å². The lowest BCUT2D eigenvalue weighted by Crippen LogP contribution is -2.26. The first-order valence-electron chi connectivity index (χ1n) is 5.83. The molecule has 0 aromatic heterocycles. The highest BCUT2D eigenvalue weighted by atomic mass is 32.2. The van der Waals surface area contributed by atoms with E-state index in [-0.39, 0.29) is 5.91 Å². The van der Waals surface area contributed by atoms with E-state index in [9.17, 15) is 4.79 Å². The largest absolute Gasteiger partial charge is 0.326 e. The summed E-state index contributed by atoms with van der Waals surface area (Å²) in [4.78, 5) is 12.1. The normalized spacial score (nSPS) is 12.2. The maximum Gasteiger partial charge on any atom is 0.221 e. The Morgan fingerprint density at radius 2 is 2.00 bits per heavy atom. The quantitative estimate of drug-likeness (QED) is 0.765. The Morgan fingerprint density at radius 1 is 1.35 bits per heavy atom. The highest BCUT2D eigenvalue weighted by molar-refractivity contribution is 7.99. The van der Waals surface area contributed by atoms with Crippen molar-refractivity contribution in [1.29, 1.82) is 0 Å². The average Bonchev–Trinajstić information content (AvgIpc) is 2.32. The van der Waals surface area contributed by atoms with Crippen LogP contribution >= 0.6 is 11.8 Å². The average molecular weight is 252 g/mol. The summed E-state index contributed by atoms with van der Waals surface area (Å²) >= 11 is 1.83. The minimum absolute atomic E-state index is 0.0355. The van der Waals surface area contributed by atoms with Crippen molar-refractivity contribution in [1.82, 2.24) is 5.32 Å². The van der Waals surface area contributed by atoms with E-state index < -0.39 is 0 Å². The van der Waals surface area contributed by atoms with E-state index in [0.717, 1.165) is 17.9 Å². The molecule has 1 unspecified atom stereocenters. The van der Waals surface area contributed by atoms with Crippen molar-refractivity contribution in [3.8, 4) is 0 Å². The number of rotatable bonds is 6. The molecule has 0 saturated carbocycles. The van der Waals surface area contributed by atoms with Crippen LogP contribution in [0.25, 0.3) is 0 Å². The van der Waals surface area contributed by atoms with Gasteiger partial charge < -0.3 is 10.6 Å². The molecule has 1 aromatic carbocycles. The van der Waals surface area contributed by atoms with Crippen molar-refractivity contribution in [2.24, 2.45) is 0 Å². The molecule has 0 fully saturated rings. The van der Waals surface area contributed by atoms with E-state index in [1.54, 1.807) is 0 Å². The molecule has 94 valence electrons. The molecule has 0 aliphatic carbocycles. The summed E-state index contributed by atoms with van der Waals surface area (Å²) in [6, 6.07) is 8.50. The van der Waals surface area contributed by atoms with Crippen LogP contribution in [0.15, 0.2) is 29.2 Å². The van der Waals surface area contributed by atoms with Gasteiger partial charge in [0.1, 0.15) is 0 Å². The number of hydrogen-bond donors (Lipinski definition) is 2. The van der Waals surface area contributed by atoms with E-state index in [1.807, 2.05) is 43.1 Å². The fraction of sp³-hybridized carbons (Fsp3) is 0.462. The predicted molar refractivity (Wildman–Crippen MR) is 74.6 cm³/mol. The van der Waals surface area contributed by atoms with E-state index in [1.165, 1.54) is 11.8 Å². The number of anilines is 1. The minimum Gasteiger partial charge on any atom is -0.326 e. The van der Waals surface area contributed by atoms with Gasteiger partial charge in [0.2, 0.25) is 5.91 Å². The highest BCUT2D eigenvalue weighted by Gasteiger charge is 2.03. The first-order valence-corrected chi connectivity index (χ1v) is 6.82. The van der Waals surface area contributed by atoms with E-state index in [0.29, 0.717) is 6.04 Å². The Balaban J connectivity index is 2.47. The summed E-state index contributed by atoms with van der Waals surface area (Å²) < 4.78 is 0.